The summed E-state index contributed by atoms with van der Waals surface area (Å²) in [5, 5.41) is 55.1. The summed E-state index contributed by atoms with van der Waals surface area (Å²) in [5.41, 5.74) is 3.44. The molecule has 0 radical (unpaired) electrons. The van der Waals surface area contributed by atoms with Gasteiger partial charge in [-0.05, 0) is 60.4 Å². The molecule has 0 saturated carbocycles. The zero-order valence-electron chi connectivity index (χ0n) is 28.3. The molecule has 0 aliphatic rings. The van der Waals surface area contributed by atoms with Gasteiger partial charge in [0.1, 0.15) is 11.5 Å². The quantitative estimate of drug-likeness (QED) is 0.0514. The predicted molar refractivity (Wildman–Crippen MR) is 186 cm³/mol. The monoisotopic (exact) mass is 867 g/mol. The van der Waals surface area contributed by atoms with E-state index in [-0.39, 0.29) is 104 Å². The number of aromatic amines is 2. The number of nitrogens with zero attached hydrogens (tertiary/aromatic N) is 3. The van der Waals surface area contributed by atoms with E-state index in [1.165, 1.54) is 14.7 Å². The van der Waals surface area contributed by atoms with Gasteiger partial charge >= 0.3 is 17.9 Å². The molecule has 0 saturated heterocycles. The number of benzene rings is 2. The van der Waals surface area contributed by atoms with Crippen LogP contribution in [0.5, 0.6) is 11.5 Å². The van der Waals surface area contributed by atoms with Gasteiger partial charge < -0.3 is 46.1 Å². The number of carbonyl (C=O) groups excluding carboxylic acids is 2. The van der Waals surface area contributed by atoms with E-state index < -0.39 is 49.4 Å². The number of carbonyl (C=O) groups is 5. The molecule has 0 spiro atoms. The third kappa shape index (κ3) is 13.7. The van der Waals surface area contributed by atoms with Crippen molar-refractivity contribution in [2.45, 2.75) is 12.8 Å². The number of aromatic nitrogens is 2. The molecule has 0 fully saturated rings. The molecule has 0 atom stereocenters. The Kier molecular flexibility index (Phi) is 16.7. The van der Waals surface area contributed by atoms with Crippen molar-refractivity contribution in [3.63, 3.8) is 0 Å². The van der Waals surface area contributed by atoms with Crippen LogP contribution in [0.2, 0.25) is 0 Å². The van der Waals surface area contributed by atoms with Gasteiger partial charge in [0.05, 0.1) is 32.7 Å². The third-order valence-electron chi connectivity index (χ3n) is 8.21. The summed E-state index contributed by atoms with van der Waals surface area (Å²) in [4.78, 5) is 70.6. The zero-order chi connectivity index (χ0) is 36.9. The fourth-order valence-electron chi connectivity index (χ4n) is 5.78. The summed E-state index contributed by atoms with van der Waals surface area (Å²) < 4.78 is 0. The van der Waals surface area contributed by atoms with Gasteiger partial charge in [-0.15, -0.1) is 0 Å². The molecule has 0 unspecified atom stereocenters. The van der Waals surface area contributed by atoms with Crippen LogP contribution in [0, 0.1) is 39.9 Å². The second kappa shape index (κ2) is 20.6. The Balaban J connectivity index is 0.00000729. The molecular formula is C34H43GdN7O10. The van der Waals surface area contributed by atoms with E-state index >= 15 is 0 Å². The van der Waals surface area contributed by atoms with E-state index in [0.29, 0.717) is 12.8 Å². The molecule has 52 heavy (non-hydrogen) atoms. The minimum absolute atomic E-state index is 0. The Hall–Kier alpha value is -4.33. The molecular weight excluding hydrogens is 824 g/mol. The summed E-state index contributed by atoms with van der Waals surface area (Å²) in [5.74, 6) is -4.12. The number of H-pyrrole nitrogens is 2. The first kappa shape index (κ1) is 42.1. The van der Waals surface area contributed by atoms with Gasteiger partial charge in [-0.25, -0.2) is 0 Å². The number of carboxylic acid groups (broad SMARTS) is 3. The SMILES string of the molecule is O=C(O)CN(CCN(CC(=O)O)CC(=O)NCCc1c[nH]c2ccc(O)cc12)CCN(CC(=O)O)CC(=O)NCCc1c[nH]c2ccc(O)cc12.[Gd]. The molecule has 9 N–H and O–H groups in total. The van der Waals surface area contributed by atoms with E-state index in [1.54, 1.807) is 48.8 Å². The largest absolute Gasteiger partial charge is 0.508 e. The Morgan fingerprint density at radius 1 is 0.558 bits per heavy atom. The van der Waals surface area contributed by atoms with Gasteiger partial charge in [-0.2, -0.15) is 0 Å². The van der Waals surface area contributed by atoms with Gasteiger partial charge in [-0.1, -0.05) is 0 Å². The number of aromatic hydroxyl groups is 2. The standard InChI is InChI=1S/C34H43N7O10.Gd/c42-24-1-3-28-26(13-24)22(15-37-28)5-7-35-30(44)17-40(20-33(48)49)11-9-39(19-32(46)47)10-12-41(21-34(50)51)18-31(45)36-8-6-23-16-38-29-4-2-25(43)14-27(23)29;/h1-4,13-16,37-38,42-43H,5-12,17-21H2,(H,35,44)(H,36,45)(H,46,47)(H,48,49)(H,50,51);. The number of amides is 2. The third-order valence-corrected chi connectivity index (χ3v) is 8.21. The number of phenols is 2. The minimum Gasteiger partial charge on any atom is -0.508 e. The van der Waals surface area contributed by atoms with Crippen LogP contribution in [0.25, 0.3) is 21.8 Å². The molecule has 4 rings (SSSR count). The average Bonchev–Trinajstić information content (AvgIpc) is 3.64. The van der Waals surface area contributed by atoms with Crippen LogP contribution in [-0.2, 0) is 36.8 Å². The number of aliphatic carboxylic acids is 3. The van der Waals surface area contributed by atoms with Crippen molar-refractivity contribution in [3.05, 3.63) is 59.9 Å². The van der Waals surface area contributed by atoms with E-state index in [9.17, 15) is 49.5 Å². The van der Waals surface area contributed by atoms with Gasteiger partial charge in [0.25, 0.3) is 0 Å². The first-order valence-corrected chi connectivity index (χ1v) is 16.3. The van der Waals surface area contributed by atoms with E-state index in [0.717, 1.165) is 32.9 Å². The molecule has 2 aromatic heterocycles. The molecule has 4 aromatic rings. The summed E-state index contributed by atoms with van der Waals surface area (Å²) in [6.07, 6.45) is 4.49. The second-order valence-electron chi connectivity index (χ2n) is 12.2. The fraction of sp³-hybridized carbons (Fsp3) is 0.382. The van der Waals surface area contributed by atoms with Crippen LogP contribution in [-0.4, -0.2) is 152 Å². The number of carboxylic acids is 3. The molecule has 2 aromatic carbocycles. The van der Waals surface area contributed by atoms with Crippen molar-refractivity contribution in [2.24, 2.45) is 0 Å². The van der Waals surface area contributed by atoms with Crippen LogP contribution in [0.1, 0.15) is 11.1 Å². The Bertz CT molecular complexity index is 1720. The first-order valence-electron chi connectivity index (χ1n) is 16.3. The molecule has 282 valence electrons. The van der Waals surface area contributed by atoms with Gasteiger partial charge in [0.2, 0.25) is 11.8 Å². The van der Waals surface area contributed by atoms with Crippen molar-refractivity contribution in [1.82, 2.24) is 35.3 Å². The summed E-state index contributed by atoms with van der Waals surface area (Å²) in [6.45, 7) is -1.21. The molecule has 0 bridgehead atoms. The number of hydrogen-bond acceptors (Lipinski definition) is 10. The van der Waals surface area contributed by atoms with Crippen LogP contribution in [0.15, 0.2) is 48.8 Å². The normalized spacial score (nSPS) is 11.3. The summed E-state index contributed by atoms with van der Waals surface area (Å²) in [7, 11) is 0. The minimum atomic E-state index is -1.17. The second-order valence-corrected chi connectivity index (χ2v) is 12.2. The molecule has 17 nitrogen and oxygen atoms in total. The average molecular weight is 867 g/mol. The number of nitrogens with one attached hydrogen (secondary N) is 4. The van der Waals surface area contributed by atoms with E-state index in [2.05, 4.69) is 20.6 Å². The van der Waals surface area contributed by atoms with Crippen LogP contribution in [0.4, 0.5) is 0 Å². The fourth-order valence-corrected chi connectivity index (χ4v) is 5.78. The van der Waals surface area contributed by atoms with E-state index in [4.69, 9.17) is 0 Å². The zero-order valence-corrected chi connectivity index (χ0v) is 30.6. The smallest absolute Gasteiger partial charge is 0.317 e. The van der Waals surface area contributed by atoms with Crippen molar-refractivity contribution in [1.29, 1.82) is 0 Å². The summed E-state index contributed by atoms with van der Waals surface area (Å²) >= 11 is 0. The number of rotatable bonds is 22. The van der Waals surface area contributed by atoms with Crippen LogP contribution < -0.4 is 10.6 Å². The molecule has 0 aliphatic carbocycles. The predicted octanol–water partition coefficient (Wildman–Crippen LogP) is 0.238. The van der Waals surface area contributed by atoms with Crippen molar-refractivity contribution in [2.75, 3.05) is 72.0 Å². The van der Waals surface area contributed by atoms with Gasteiger partial charge in [0, 0.05) is 113 Å². The van der Waals surface area contributed by atoms with E-state index in [1.807, 2.05) is 0 Å². The Morgan fingerprint density at radius 3 is 1.31 bits per heavy atom. The van der Waals surface area contributed by atoms with Crippen molar-refractivity contribution < 1.29 is 89.4 Å². The topological polar surface area (TPSA) is 252 Å². The van der Waals surface area contributed by atoms with Crippen molar-refractivity contribution in [3.8, 4) is 11.5 Å². The maximum absolute atomic E-state index is 12.7. The van der Waals surface area contributed by atoms with Gasteiger partial charge in [-0.3, -0.25) is 38.7 Å². The van der Waals surface area contributed by atoms with Gasteiger partial charge in [0.15, 0.2) is 0 Å². The number of phenolic OH excluding ortho intramolecular Hbond substituents is 2. The summed E-state index contributed by atoms with van der Waals surface area (Å²) in [6, 6.07) is 9.86. The Morgan fingerprint density at radius 2 is 0.923 bits per heavy atom. The number of fused-ring (bicyclic) bond motifs is 2. The molecule has 0 aliphatic heterocycles. The maximum atomic E-state index is 12.7. The Labute approximate surface area is 330 Å². The first-order chi connectivity index (χ1) is 24.4. The molecule has 2 amide bonds. The van der Waals surface area contributed by atoms with Crippen LogP contribution in [0.3, 0.4) is 0 Å². The molecule has 2 heterocycles. The number of hydrogen-bond donors (Lipinski definition) is 9. The maximum Gasteiger partial charge on any atom is 0.317 e. The molecule has 18 heteroatoms. The van der Waals surface area contributed by atoms with Crippen molar-refractivity contribution >= 4 is 51.5 Å². The van der Waals surface area contributed by atoms with Crippen LogP contribution >= 0.6 is 0 Å².